The third kappa shape index (κ3) is 3.81. The van der Waals surface area contributed by atoms with Gasteiger partial charge in [-0.2, -0.15) is 0 Å². The van der Waals surface area contributed by atoms with Crippen LogP contribution < -0.4 is 16.0 Å². The summed E-state index contributed by atoms with van der Waals surface area (Å²) >= 11 is 0. The van der Waals surface area contributed by atoms with Crippen molar-refractivity contribution in [2.75, 3.05) is 11.9 Å². The molecule has 0 bridgehead atoms. The van der Waals surface area contributed by atoms with E-state index in [1.165, 1.54) is 6.92 Å². The summed E-state index contributed by atoms with van der Waals surface area (Å²) in [5, 5.41) is 8.19. The predicted octanol–water partition coefficient (Wildman–Crippen LogP) is 0.653. The van der Waals surface area contributed by atoms with Gasteiger partial charge in [-0.05, 0) is 24.6 Å². The number of amides is 3. The maximum absolute atomic E-state index is 12.0. The first-order valence-corrected chi connectivity index (χ1v) is 6.50. The summed E-state index contributed by atoms with van der Waals surface area (Å²) in [5.41, 5.74) is 1.06. The quantitative estimate of drug-likeness (QED) is 0.754. The zero-order valence-corrected chi connectivity index (χ0v) is 11.2. The summed E-state index contributed by atoms with van der Waals surface area (Å²) in [4.78, 5) is 34.0. The predicted molar refractivity (Wildman–Crippen MR) is 74.2 cm³/mol. The molecule has 0 saturated carbocycles. The lowest BCUT2D eigenvalue weighted by Gasteiger charge is -2.11. The van der Waals surface area contributed by atoms with E-state index >= 15 is 0 Å². The van der Waals surface area contributed by atoms with Crippen LogP contribution in [0.2, 0.25) is 0 Å². The number of carbonyl (C=O) groups excluding carboxylic acids is 3. The first-order valence-electron chi connectivity index (χ1n) is 6.50. The molecule has 1 atom stereocenters. The van der Waals surface area contributed by atoms with Crippen LogP contribution in [-0.4, -0.2) is 30.3 Å². The second-order valence-corrected chi connectivity index (χ2v) is 4.78. The fourth-order valence-corrected chi connectivity index (χ4v) is 2.09. The molecule has 3 amide bonds. The Balaban J connectivity index is 1.91. The zero-order valence-electron chi connectivity index (χ0n) is 11.2. The SMILES string of the molecule is CC(=O)Nc1cccc(C(=O)NCC2CCC(=O)N2)c1. The van der Waals surface area contributed by atoms with Crippen LogP contribution in [0.15, 0.2) is 24.3 Å². The maximum atomic E-state index is 12.0. The van der Waals surface area contributed by atoms with Crippen LogP contribution in [-0.2, 0) is 9.59 Å². The van der Waals surface area contributed by atoms with E-state index in [9.17, 15) is 14.4 Å². The Morgan fingerprint density at radius 1 is 1.40 bits per heavy atom. The Labute approximate surface area is 116 Å². The Bertz CT molecular complexity index is 542. The molecule has 6 heteroatoms. The first-order chi connectivity index (χ1) is 9.54. The van der Waals surface area contributed by atoms with Gasteiger partial charge in [-0.15, -0.1) is 0 Å². The molecular weight excluding hydrogens is 258 g/mol. The monoisotopic (exact) mass is 275 g/mol. The lowest BCUT2D eigenvalue weighted by atomic mass is 10.1. The molecule has 3 N–H and O–H groups in total. The number of carbonyl (C=O) groups is 3. The van der Waals surface area contributed by atoms with Crippen LogP contribution in [0, 0.1) is 0 Å². The van der Waals surface area contributed by atoms with Gasteiger partial charge in [-0.1, -0.05) is 6.07 Å². The van der Waals surface area contributed by atoms with E-state index in [-0.39, 0.29) is 23.8 Å². The van der Waals surface area contributed by atoms with Gasteiger partial charge in [0.15, 0.2) is 0 Å². The van der Waals surface area contributed by atoms with E-state index in [0.717, 1.165) is 6.42 Å². The van der Waals surface area contributed by atoms with Crippen LogP contribution >= 0.6 is 0 Å². The van der Waals surface area contributed by atoms with Gasteiger partial charge < -0.3 is 16.0 Å². The van der Waals surface area contributed by atoms with Crippen molar-refractivity contribution in [2.24, 2.45) is 0 Å². The van der Waals surface area contributed by atoms with Crippen molar-refractivity contribution in [1.82, 2.24) is 10.6 Å². The number of hydrogen-bond acceptors (Lipinski definition) is 3. The summed E-state index contributed by atoms with van der Waals surface area (Å²) in [6.45, 7) is 1.82. The Morgan fingerprint density at radius 2 is 2.20 bits per heavy atom. The summed E-state index contributed by atoms with van der Waals surface area (Å²) < 4.78 is 0. The Morgan fingerprint density at radius 3 is 2.85 bits per heavy atom. The molecule has 1 fully saturated rings. The van der Waals surface area contributed by atoms with Gasteiger partial charge in [0.05, 0.1) is 0 Å². The molecule has 20 heavy (non-hydrogen) atoms. The third-order valence-electron chi connectivity index (χ3n) is 3.04. The highest BCUT2D eigenvalue weighted by Crippen LogP contribution is 2.11. The van der Waals surface area contributed by atoms with Crippen molar-refractivity contribution in [3.8, 4) is 0 Å². The van der Waals surface area contributed by atoms with Crippen LogP contribution in [0.5, 0.6) is 0 Å². The normalized spacial score (nSPS) is 17.4. The number of anilines is 1. The van der Waals surface area contributed by atoms with Crippen molar-refractivity contribution in [1.29, 1.82) is 0 Å². The van der Waals surface area contributed by atoms with Gasteiger partial charge in [0.25, 0.3) is 5.91 Å². The molecule has 0 aromatic heterocycles. The van der Waals surface area contributed by atoms with Crippen molar-refractivity contribution in [2.45, 2.75) is 25.8 Å². The maximum Gasteiger partial charge on any atom is 0.251 e. The fourth-order valence-electron chi connectivity index (χ4n) is 2.09. The first kappa shape index (κ1) is 14.0. The molecular formula is C14H17N3O3. The van der Waals surface area contributed by atoms with Gasteiger partial charge >= 0.3 is 0 Å². The van der Waals surface area contributed by atoms with Gasteiger partial charge in [-0.25, -0.2) is 0 Å². The van der Waals surface area contributed by atoms with Crippen molar-refractivity contribution < 1.29 is 14.4 Å². The molecule has 0 spiro atoms. The van der Waals surface area contributed by atoms with Gasteiger partial charge in [-0.3, -0.25) is 14.4 Å². The molecule has 2 rings (SSSR count). The van der Waals surface area contributed by atoms with Gasteiger partial charge in [0.2, 0.25) is 11.8 Å². The van der Waals surface area contributed by atoms with Crippen molar-refractivity contribution in [3.63, 3.8) is 0 Å². The van der Waals surface area contributed by atoms with Gasteiger partial charge in [0.1, 0.15) is 0 Å². The lowest BCUT2D eigenvalue weighted by Crippen LogP contribution is -2.38. The molecule has 0 radical (unpaired) electrons. The molecule has 1 aliphatic rings. The summed E-state index contributed by atoms with van der Waals surface area (Å²) in [6.07, 6.45) is 1.25. The average molecular weight is 275 g/mol. The lowest BCUT2D eigenvalue weighted by molar-refractivity contribution is -0.119. The van der Waals surface area contributed by atoms with E-state index in [4.69, 9.17) is 0 Å². The molecule has 106 valence electrons. The Hall–Kier alpha value is -2.37. The largest absolute Gasteiger partial charge is 0.352 e. The van der Waals surface area contributed by atoms with Crippen molar-refractivity contribution >= 4 is 23.4 Å². The number of hydrogen-bond donors (Lipinski definition) is 3. The second kappa shape index (κ2) is 6.18. The number of rotatable bonds is 4. The number of benzene rings is 1. The number of nitrogens with one attached hydrogen (secondary N) is 3. The molecule has 1 unspecified atom stereocenters. The highest BCUT2D eigenvalue weighted by molar-refractivity contribution is 5.96. The zero-order chi connectivity index (χ0) is 14.5. The molecule has 6 nitrogen and oxygen atoms in total. The fraction of sp³-hybridized carbons (Fsp3) is 0.357. The van der Waals surface area contributed by atoms with E-state index in [1.54, 1.807) is 24.3 Å². The van der Waals surface area contributed by atoms with E-state index < -0.39 is 0 Å². The third-order valence-corrected chi connectivity index (χ3v) is 3.04. The molecule has 1 saturated heterocycles. The molecule has 1 heterocycles. The molecule has 1 aromatic rings. The smallest absolute Gasteiger partial charge is 0.251 e. The van der Waals surface area contributed by atoms with Crippen LogP contribution in [0.25, 0.3) is 0 Å². The average Bonchev–Trinajstić information content (AvgIpc) is 2.81. The van der Waals surface area contributed by atoms with Crippen LogP contribution in [0.4, 0.5) is 5.69 Å². The molecule has 1 aromatic carbocycles. The topological polar surface area (TPSA) is 87.3 Å². The van der Waals surface area contributed by atoms with E-state index in [2.05, 4.69) is 16.0 Å². The Kier molecular flexibility index (Phi) is 4.34. The van der Waals surface area contributed by atoms with E-state index in [0.29, 0.717) is 24.2 Å². The van der Waals surface area contributed by atoms with Crippen LogP contribution in [0.3, 0.4) is 0 Å². The van der Waals surface area contributed by atoms with E-state index in [1.807, 2.05) is 0 Å². The summed E-state index contributed by atoms with van der Waals surface area (Å²) in [5.74, 6) is -0.383. The summed E-state index contributed by atoms with van der Waals surface area (Å²) in [6, 6.07) is 6.72. The summed E-state index contributed by atoms with van der Waals surface area (Å²) in [7, 11) is 0. The standard InChI is InChI=1S/C14H17N3O3/c1-9(18)16-11-4-2-3-10(7-11)14(20)15-8-12-5-6-13(19)17-12/h2-4,7,12H,5-6,8H2,1H3,(H,15,20)(H,16,18)(H,17,19). The second-order valence-electron chi connectivity index (χ2n) is 4.78. The molecule has 0 aliphatic carbocycles. The van der Waals surface area contributed by atoms with Gasteiger partial charge in [0, 0.05) is 37.2 Å². The molecule has 1 aliphatic heterocycles. The minimum Gasteiger partial charge on any atom is -0.352 e. The van der Waals surface area contributed by atoms with Crippen LogP contribution in [0.1, 0.15) is 30.1 Å². The van der Waals surface area contributed by atoms with Crippen molar-refractivity contribution in [3.05, 3.63) is 29.8 Å². The highest BCUT2D eigenvalue weighted by atomic mass is 16.2. The minimum absolute atomic E-state index is 0.00461. The highest BCUT2D eigenvalue weighted by Gasteiger charge is 2.21. The minimum atomic E-state index is -0.224.